The van der Waals surface area contributed by atoms with Crippen molar-refractivity contribution in [1.29, 1.82) is 0 Å². The Bertz CT molecular complexity index is 1310. The van der Waals surface area contributed by atoms with Gasteiger partial charge in [0.2, 0.25) is 0 Å². The lowest BCUT2D eigenvalue weighted by molar-refractivity contribution is 0.0922. The largest absolute Gasteiger partial charge is 0.384 e. The predicted octanol–water partition coefficient (Wildman–Crippen LogP) is 3.14. The number of nitrogens with two attached hydrogens (primary N) is 1. The van der Waals surface area contributed by atoms with E-state index in [-0.39, 0.29) is 36.0 Å². The first-order valence-electron chi connectivity index (χ1n) is 15.5. The molecule has 0 spiro atoms. The van der Waals surface area contributed by atoms with Gasteiger partial charge < -0.3 is 26.6 Å². The zero-order valence-electron chi connectivity index (χ0n) is 24.6. The Labute approximate surface area is 247 Å². The molecule has 6 rings (SSSR count). The van der Waals surface area contributed by atoms with Crippen LogP contribution in [-0.2, 0) is 0 Å². The average Bonchev–Trinajstić information content (AvgIpc) is 3.62. The molecule has 2 aromatic rings. The maximum atomic E-state index is 13.2. The quantitative estimate of drug-likeness (QED) is 0.343. The van der Waals surface area contributed by atoms with Crippen LogP contribution < -0.4 is 26.6 Å². The summed E-state index contributed by atoms with van der Waals surface area (Å²) in [6, 6.07) is 10.2. The molecule has 42 heavy (non-hydrogen) atoms. The molecule has 1 aromatic heterocycles. The molecule has 5 N–H and O–H groups in total. The van der Waals surface area contributed by atoms with Crippen LogP contribution in [-0.4, -0.2) is 77.4 Å². The molecular formula is C32H43N7O3. The molecule has 1 aromatic carbocycles. The summed E-state index contributed by atoms with van der Waals surface area (Å²) in [5.74, 6) is 0.816. The second-order valence-electron chi connectivity index (χ2n) is 12.8. The van der Waals surface area contributed by atoms with Crippen LogP contribution >= 0.6 is 0 Å². The highest BCUT2D eigenvalue weighted by atomic mass is 16.2. The number of piperidine rings is 1. The van der Waals surface area contributed by atoms with Gasteiger partial charge in [-0.05, 0) is 95.0 Å². The summed E-state index contributed by atoms with van der Waals surface area (Å²) in [5.41, 5.74) is 7.72. The van der Waals surface area contributed by atoms with Gasteiger partial charge in [0.05, 0.1) is 11.1 Å². The number of carbonyl (C=O) groups is 3. The molecule has 1 unspecified atom stereocenters. The van der Waals surface area contributed by atoms with E-state index < -0.39 is 5.91 Å². The van der Waals surface area contributed by atoms with Crippen molar-refractivity contribution in [1.82, 2.24) is 20.5 Å². The van der Waals surface area contributed by atoms with E-state index in [1.807, 2.05) is 12.1 Å². The predicted molar refractivity (Wildman–Crippen MR) is 163 cm³/mol. The van der Waals surface area contributed by atoms with Gasteiger partial charge in [0.15, 0.2) is 0 Å². The van der Waals surface area contributed by atoms with E-state index in [1.54, 1.807) is 24.4 Å². The van der Waals surface area contributed by atoms with Crippen LogP contribution in [0.15, 0.2) is 36.5 Å². The average molecular weight is 574 g/mol. The number of rotatable bonds is 10. The van der Waals surface area contributed by atoms with Gasteiger partial charge in [-0.1, -0.05) is 0 Å². The second-order valence-corrected chi connectivity index (χ2v) is 12.8. The van der Waals surface area contributed by atoms with E-state index in [4.69, 9.17) is 10.7 Å². The fraction of sp³-hybridized carbons (Fsp3) is 0.562. The van der Waals surface area contributed by atoms with Crippen LogP contribution in [0.3, 0.4) is 0 Å². The van der Waals surface area contributed by atoms with Crippen LogP contribution in [0.2, 0.25) is 0 Å². The topological polar surface area (TPSA) is 133 Å². The number of nitrogens with one attached hydrogen (secondary N) is 3. The molecule has 1 aliphatic carbocycles. The molecule has 3 amide bonds. The monoisotopic (exact) mass is 573 g/mol. The van der Waals surface area contributed by atoms with Gasteiger partial charge in [0.25, 0.3) is 17.7 Å². The maximum absolute atomic E-state index is 13.2. The van der Waals surface area contributed by atoms with Gasteiger partial charge >= 0.3 is 0 Å². The zero-order valence-corrected chi connectivity index (χ0v) is 24.6. The standard InChI is InChI=1S/C32H43N7O3/c1-19(2)38-12-11-23(18-38)36-32(42)22-6-10-29(35-17-22)39-25-7-8-26(39)15-24(14-25)37-31(41)21-5-9-27(30(33)40)28(13-21)34-16-20-3-4-20/h5-6,9-10,13,17,19-20,23-26,34H,3-4,7-8,11-12,14-16,18H2,1-2H3,(H2,33,40)(H,36,42)(H,37,41)/t23-,24?,25-,26+/m1/s1. The molecule has 4 fully saturated rings. The highest BCUT2D eigenvalue weighted by Crippen LogP contribution is 2.39. The van der Waals surface area contributed by atoms with Gasteiger partial charge in [-0.2, -0.15) is 0 Å². The van der Waals surface area contributed by atoms with Crippen molar-refractivity contribution in [3.8, 4) is 0 Å². The number of anilines is 2. The summed E-state index contributed by atoms with van der Waals surface area (Å²) >= 11 is 0. The summed E-state index contributed by atoms with van der Waals surface area (Å²) in [4.78, 5) is 47.5. The molecule has 10 heteroatoms. The first-order chi connectivity index (χ1) is 20.2. The summed E-state index contributed by atoms with van der Waals surface area (Å²) in [7, 11) is 0. The zero-order chi connectivity index (χ0) is 29.4. The number of nitrogens with zero attached hydrogens (tertiary/aromatic N) is 3. The molecule has 3 saturated heterocycles. The Morgan fingerprint density at radius 2 is 1.62 bits per heavy atom. The molecular weight excluding hydrogens is 530 g/mol. The summed E-state index contributed by atoms with van der Waals surface area (Å²) in [6.07, 6.45) is 8.83. The van der Waals surface area contributed by atoms with Gasteiger partial charge in [-0.25, -0.2) is 4.98 Å². The minimum Gasteiger partial charge on any atom is -0.384 e. The molecule has 4 aliphatic rings. The van der Waals surface area contributed by atoms with Crippen molar-refractivity contribution in [2.45, 2.75) is 89.0 Å². The third kappa shape index (κ3) is 6.23. The van der Waals surface area contributed by atoms with Gasteiger partial charge in [-0.3, -0.25) is 19.3 Å². The van der Waals surface area contributed by atoms with Crippen molar-refractivity contribution in [3.05, 3.63) is 53.2 Å². The molecule has 1 saturated carbocycles. The Morgan fingerprint density at radius 3 is 2.24 bits per heavy atom. The molecule has 4 atom stereocenters. The summed E-state index contributed by atoms with van der Waals surface area (Å²) < 4.78 is 0. The smallest absolute Gasteiger partial charge is 0.253 e. The van der Waals surface area contributed by atoms with Crippen molar-refractivity contribution < 1.29 is 14.4 Å². The number of aromatic nitrogens is 1. The van der Waals surface area contributed by atoms with Crippen molar-refractivity contribution in [2.75, 3.05) is 29.9 Å². The Kier molecular flexibility index (Phi) is 8.07. The first kappa shape index (κ1) is 28.5. The number of amides is 3. The summed E-state index contributed by atoms with van der Waals surface area (Å²) in [5, 5.41) is 9.73. The number of fused-ring (bicyclic) bond motifs is 2. The van der Waals surface area contributed by atoms with Gasteiger partial charge in [0.1, 0.15) is 5.82 Å². The lowest BCUT2D eigenvalue weighted by Gasteiger charge is -2.40. The van der Waals surface area contributed by atoms with Gasteiger partial charge in [0, 0.05) is 67.3 Å². The van der Waals surface area contributed by atoms with Crippen LogP contribution in [0.25, 0.3) is 0 Å². The second kappa shape index (κ2) is 11.9. The summed E-state index contributed by atoms with van der Waals surface area (Å²) in [6.45, 7) is 7.06. The lowest BCUT2D eigenvalue weighted by atomic mass is 9.96. The number of benzene rings is 1. The van der Waals surface area contributed by atoms with E-state index in [0.29, 0.717) is 34.3 Å². The Hall–Kier alpha value is -3.66. The highest BCUT2D eigenvalue weighted by molar-refractivity contribution is 6.02. The van der Waals surface area contributed by atoms with Crippen molar-refractivity contribution in [3.63, 3.8) is 0 Å². The van der Waals surface area contributed by atoms with E-state index in [0.717, 1.165) is 57.6 Å². The van der Waals surface area contributed by atoms with Gasteiger partial charge in [-0.15, -0.1) is 0 Å². The highest BCUT2D eigenvalue weighted by Gasteiger charge is 2.42. The van der Waals surface area contributed by atoms with Crippen LogP contribution in [0.5, 0.6) is 0 Å². The fourth-order valence-electron chi connectivity index (χ4n) is 6.88. The van der Waals surface area contributed by atoms with Crippen molar-refractivity contribution in [2.24, 2.45) is 11.7 Å². The van der Waals surface area contributed by atoms with Crippen LogP contribution in [0.1, 0.15) is 89.9 Å². The van der Waals surface area contributed by atoms with E-state index >= 15 is 0 Å². The number of hydrogen-bond donors (Lipinski definition) is 4. The Balaban J connectivity index is 1.05. The van der Waals surface area contributed by atoms with Crippen molar-refractivity contribution >= 4 is 29.2 Å². The SMILES string of the molecule is CC(C)N1CC[C@@H](NC(=O)c2ccc(N3[C@@H]4CC[C@H]3CC(NC(=O)c3ccc(C(N)=O)c(NCC5CC5)c3)C4)nc2)C1. The number of hydrogen-bond acceptors (Lipinski definition) is 7. The molecule has 224 valence electrons. The van der Waals surface area contributed by atoms with Crippen LogP contribution in [0.4, 0.5) is 11.5 Å². The normalized spacial score (nSPS) is 25.5. The Morgan fingerprint density at radius 1 is 0.929 bits per heavy atom. The molecule has 10 nitrogen and oxygen atoms in total. The van der Waals surface area contributed by atoms with E-state index in [9.17, 15) is 14.4 Å². The number of pyridine rings is 1. The number of likely N-dealkylation sites (tertiary alicyclic amines) is 1. The third-order valence-electron chi connectivity index (χ3n) is 9.45. The number of carbonyl (C=O) groups excluding carboxylic acids is 3. The minimum atomic E-state index is -0.502. The molecule has 2 bridgehead atoms. The minimum absolute atomic E-state index is 0.0619. The maximum Gasteiger partial charge on any atom is 0.253 e. The molecule has 3 aliphatic heterocycles. The van der Waals surface area contributed by atoms with E-state index in [2.05, 4.69) is 39.6 Å². The van der Waals surface area contributed by atoms with E-state index in [1.165, 1.54) is 12.8 Å². The first-order valence-corrected chi connectivity index (χ1v) is 15.5. The third-order valence-corrected chi connectivity index (χ3v) is 9.45. The number of primary amides is 1. The van der Waals surface area contributed by atoms with Crippen LogP contribution in [0, 0.1) is 5.92 Å². The fourth-order valence-corrected chi connectivity index (χ4v) is 6.88. The lowest BCUT2D eigenvalue weighted by Crippen LogP contribution is -2.50. The molecule has 0 radical (unpaired) electrons. The molecule has 4 heterocycles.